The lowest BCUT2D eigenvalue weighted by molar-refractivity contribution is -0.140. The van der Waals surface area contributed by atoms with Crippen molar-refractivity contribution in [2.75, 3.05) is 6.67 Å². The van der Waals surface area contributed by atoms with E-state index in [0.717, 1.165) is 12.1 Å². The lowest BCUT2D eigenvalue weighted by Gasteiger charge is -2.15. The molecule has 90 valence electrons. The Morgan fingerprint density at radius 2 is 1.88 bits per heavy atom. The van der Waals surface area contributed by atoms with Crippen LogP contribution in [0.4, 0.5) is 22.0 Å². The number of halogens is 5. The molecule has 0 bridgehead atoms. The molecule has 1 aromatic rings. The molecule has 0 spiro atoms. The van der Waals surface area contributed by atoms with Crippen molar-refractivity contribution in [2.45, 2.75) is 18.6 Å². The third-order valence-electron chi connectivity index (χ3n) is 2.15. The summed E-state index contributed by atoms with van der Waals surface area (Å²) >= 11 is 0. The summed E-state index contributed by atoms with van der Waals surface area (Å²) < 4.78 is 62.4. The first-order chi connectivity index (χ1) is 7.38. The lowest BCUT2D eigenvalue weighted by atomic mass is 10.0. The molecule has 1 aromatic carbocycles. The van der Waals surface area contributed by atoms with Crippen LogP contribution in [0.1, 0.15) is 23.6 Å². The van der Waals surface area contributed by atoms with Crippen LogP contribution < -0.4 is 5.73 Å². The molecule has 0 fully saturated rings. The van der Waals surface area contributed by atoms with Gasteiger partial charge in [0.1, 0.15) is 5.82 Å². The van der Waals surface area contributed by atoms with E-state index in [2.05, 4.69) is 0 Å². The van der Waals surface area contributed by atoms with Gasteiger partial charge in [-0.15, -0.1) is 0 Å². The van der Waals surface area contributed by atoms with E-state index in [4.69, 9.17) is 5.73 Å². The van der Waals surface area contributed by atoms with E-state index < -0.39 is 30.3 Å². The molecule has 1 nitrogen and oxygen atoms in total. The van der Waals surface area contributed by atoms with Gasteiger partial charge in [0, 0.05) is 11.6 Å². The molecule has 0 aliphatic heterocycles. The summed E-state index contributed by atoms with van der Waals surface area (Å²) in [6.45, 7) is -0.809. The van der Waals surface area contributed by atoms with Crippen molar-refractivity contribution in [3.8, 4) is 0 Å². The molecule has 0 saturated carbocycles. The summed E-state index contributed by atoms with van der Waals surface area (Å²) in [5, 5.41) is 0. The minimum absolute atomic E-state index is 0.210. The maximum Gasteiger partial charge on any atom is 0.419 e. The molecular formula is C10H10F5N. The minimum atomic E-state index is -4.77. The molecule has 0 aliphatic rings. The Hall–Kier alpha value is -1.17. The summed E-state index contributed by atoms with van der Waals surface area (Å²) in [5.41, 5.74) is 3.68. The molecule has 2 N–H and O–H groups in total. The van der Waals surface area contributed by atoms with Gasteiger partial charge in [-0.05, 0) is 12.5 Å². The molecule has 6 heteroatoms. The summed E-state index contributed by atoms with van der Waals surface area (Å²) in [4.78, 5) is 0. The van der Waals surface area contributed by atoms with Crippen LogP contribution in [0.2, 0.25) is 0 Å². The fourth-order valence-corrected chi connectivity index (χ4v) is 1.33. The molecule has 0 heterocycles. The quantitative estimate of drug-likeness (QED) is 0.805. The van der Waals surface area contributed by atoms with E-state index >= 15 is 0 Å². The van der Waals surface area contributed by atoms with Crippen LogP contribution in [0.15, 0.2) is 18.2 Å². The Morgan fingerprint density at radius 1 is 1.25 bits per heavy atom. The topological polar surface area (TPSA) is 26.0 Å². The number of benzene rings is 1. The number of alkyl halides is 4. The largest absolute Gasteiger partial charge is 0.419 e. The van der Waals surface area contributed by atoms with E-state index in [1.54, 1.807) is 0 Å². The fourth-order valence-electron chi connectivity index (χ4n) is 1.33. The van der Waals surface area contributed by atoms with Gasteiger partial charge in [0.15, 0.2) is 0 Å². The standard InChI is InChI=1S/C10H10F5N/c11-5-4-8(16)6-2-1-3-7(9(6)12)10(13,14)15/h1-3,8H,4-5,16H2/t8-/m1/s1. The first-order valence-corrected chi connectivity index (χ1v) is 4.55. The van der Waals surface area contributed by atoms with Gasteiger partial charge in [0.2, 0.25) is 0 Å². The molecule has 1 rings (SSSR count). The zero-order valence-corrected chi connectivity index (χ0v) is 8.19. The highest BCUT2D eigenvalue weighted by Gasteiger charge is 2.35. The van der Waals surface area contributed by atoms with Crippen molar-refractivity contribution in [2.24, 2.45) is 5.73 Å². The monoisotopic (exact) mass is 239 g/mol. The summed E-state index contributed by atoms with van der Waals surface area (Å²) in [6, 6.07) is 1.75. The third-order valence-corrected chi connectivity index (χ3v) is 2.15. The second kappa shape index (κ2) is 4.78. The molecule has 1 atom stereocenters. The van der Waals surface area contributed by atoms with E-state index in [0.29, 0.717) is 6.07 Å². The zero-order chi connectivity index (χ0) is 12.3. The summed E-state index contributed by atoms with van der Waals surface area (Å²) in [6.07, 6.45) is -4.98. The molecule has 0 radical (unpaired) electrons. The fraction of sp³-hybridized carbons (Fsp3) is 0.400. The van der Waals surface area contributed by atoms with E-state index in [-0.39, 0.29) is 12.0 Å². The molecule has 0 aromatic heterocycles. The van der Waals surface area contributed by atoms with Gasteiger partial charge in [-0.25, -0.2) is 4.39 Å². The van der Waals surface area contributed by atoms with Crippen LogP contribution in [0.3, 0.4) is 0 Å². The van der Waals surface area contributed by atoms with Crippen LogP contribution in [-0.2, 0) is 6.18 Å². The average molecular weight is 239 g/mol. The Labute approximate surface area is 89.1 Å². The van der Waals surface area contributed by atoms with Gasteiger partial charge < -0.3 is 5.73 Å². The maximum absolute atomic E-state index is 13.4. The predicted molar refractivity (Wildman–Crippen MR) is 48.9 cm³/mol. The Bertz CT molecular complexity index is 361. The van der Waals surface area contributed by atoms with Crippen molar-refractivity contribution in [1.82, 2.24) is 0 Å². The number of rotatable bonds is 3. The Kier molecular flexibility index (Phi) is 3.85. The maximum atomic E-state index is 13.4. The zero-order valence-electron chi connectivity index (χ0n) is 8.19. The van der Waals surface area contributed by atoms with E-state index in [9.17, 15) is 22.0 Å². The van der Waals surface area contributed by atoms with Crippen LogP contribution in [-0.4, -0.2) is 6.67 Å². The van der Waals surface area contributed by atoms with Gasteiger partial charge in [-0.2, -0.15) is 13.2 Å². The van der Waals surface area contributed by atoms with Gasteiger partial charge in [0.05, 0.1) is 12.2 Å². The highest BCUT2D eigenvalue weighted by atomic mass is 19.4. The second-order valence-corrected chi connectivity index (χ2v) is 3.29. The van der Waals surface area contributed by atoms with Crippen molar-refractivity contribution in [3.63, 3.8) is 0 Å². The lowest BCUT2D eigenvalue weighted by Crippen LogP contribution is -2.16. The van der Waals surface area contributed by atoms with Gasteiger partial charge >= 0.3 is 6.18 Å². The van der Waals surface area contributed by atoms with Crippen LogP contribution in [0, 0.1) is 5.82 Å². The van der Waals surface area contributed by atoms with Crippen molar-refractivity contribution in [1.29, 1.82) is 0 Å². The SMILES string of the molecule is N[C@H](CCF)c1cccc(C(F)(F)F)c1F. The average Bonchev–Trinajstić information content (AvgIpc) is 2.16. The number of nitrogens with two attached hydrogens (primary N) is 1. The third kappa shape index (κ3) is 2.69. The highest BCUT2D eigenvalue weighted by Crippen LogP contribution is 2.33. The van der Waals surface area contributed by atoms with Gasteiger partial charge in [-0.3, -0.25) is 4.39 Å². The molecule has 0 saturated heterocycles. The smallest absolute Gasteiger partial charge is 0.324 e. The minimum Gasteiger partial charge on any atom is -0.324 e. The van der Waals surface area contributed by atoms with Crippen LogP contribution >= 0.6 is 0 Å². The van der Waals surface area contributed by atoms with Crippen molar-refractivity contribution >= 4 is 0 Å². The number of hydrogen-bond acceptors (Lipinski definition) is 1. The normalized spacial score (nSPS) is 13.9. The van der Waals surface area contributed by atoms with E-state index in [1.807, 2.05) is 0 Å². The summed E-state index contributed by atoms with van der Waals surface area (Å²) in [7, 11) is 0. The van der Waals surface area contributed by atoms with Gasteiger partial charge in [-0.1, -0.05) is 12.1 Å². The molecule has 0 unspecified atom stereocenters. The molecular weight excluding hydrogens is 229 g/mol. The van der Waals surface area contributed by atoms with Crippen molar-refractivity contribution in [3.05, 3.63) is 35.1 Å². The summed E-state index contributed by atoms with van der Waals surface area (Å²) in [5.74, 6) is -1.42. The van der Waals surface area contributed by atoms with Crippen molar-refractivity contribution < 1.29 is 22.0 Å². The first kappa shape index (κ1) is 12.9. The first-order valence-electron chi connectivity index (χ1n) is 4.55. The Morgan fingerprint density at radius 3 is 2.38 bits per heavy atom. The van der Waals surface area contributed by atoms with Gasteiger partial charge in [0.25, 0.3) is 0 Å². The molecule has 0 aliphatic carbocycles. The predicted octanol–water partition coefficient (Wildman–Crippen LogP) is 3.20. The molecule has 0 amide bonds. The number of hydrogen-bond donors (Lipinski definition) is 1. The second-order valence-electron chi connectivity index (χ2n) is 3.29. The van der Waals surface area contributed by atoms with Crippen LogP contribution in [0.5, 0.6) is 0 Å². The van der Waals surface area contributed by atoms with E-state index in [1.165, 1.54) is 0 Å². The Balaban J connectivity index is 3.14. The molecule has 16 heavy (non-hydrogen) atoms. The highest BCUT2D eigenvalue weighted by molar-refractivity contribution is 5.30. The van der Waals surface area contributed by atoms with Crippen LogP contribution in [0.25, 0.3) is 0 Å².